The average molecular weight is 129 g/mol. The lowest BCUT2D eigenvalue weighted by Crippen LogP contribution is -1.98. The van der Waals surface area contributed by atoms with E-state index in [-0.39, 0.29) is 5.97 Å². The molecule has 9 heavy (non-hydrogen) atoms. The van der Waals surface area contributed by atoms with Gasteiger partial charge in [-0.3, -0.25) is 4.79 Å². The summed E-state index contributed by atoms with van der Waals surface area (Å²) < 4.78 is 4.37. The van der Waals surface area contributed by atoms with Gasteiger partial charge in [0.1, 0.15) is 0 Å². The quantitative estimate of drug-likeness (QED) is 0.433. The molecule has 0 fully saturated rings. The van der Waals surface area contributed by atoms with Crippen molar-refractivity contribution in [3.05, 3.63) is 12.2 Å². The van der Waals surface area contributed by atoms with E-state index in [1.165, 1.54) is 7.11 Å². The van der Waals surface area contributed by atoms with E-state index in [4.69, 9.17) is 5.73 Å². The van der Waals surface area contributed by atoms with E-state index in [1.54, 1.807) is 12.2 Å². The Bertz CT molecular complexity index is 110. The van der Waals surface area contributed by atoms with Crippen molar-refractivity contribution < 1.29 is 9.53 Å². The van der Waals surface area contributed by atoms with Crippen molar-refractivity contribution in [2.24, 2.45) is 5.73 Å². The lowest BCUT2D eigenvalue weighted by molar-refractivity contribution is -0.139. The second-order valence-electron chi connectivity index (χ2n) is 1.49. The molecule has 0 aliphatic rings. The minimum absolute atomic E-state index is 0.236. The monoisotopic (exact) mass is 129 g/mol. The highest BCUT2D eigenvalue weighted by atomic mass is 16.5. The van der Waals surface area contributed by atoms with Crippen LogP contribution in [0, 0.1) is 0 Å². The lowest BCUT2D eigenvalue weighted by atomic mass is 10.4. The highest BCUT2D eigenvalue weighted by molar-refractivity contribution is 5.70. The van der Waals surface area contributed by atoms with Crippen molar-refractivity contribution in [1.29, 1.82) is 0 Å². The van der Waals surface area contributed by atoms with Crippen LogP contribution in [0.5, 0.6) is 0 Å². The van der Waals surface area contributed by atoms with Crippen LogP contribution in [-0.4, -0.2) is 19.6 Å². The van der Waals surface area contributed by atoms with E-state index in [0.717, 1.165) is 0 Å². The molecule has 0 aliphatic heterocycles. The normalized spacial score (nSPS) is 10.0. The van der Waals surface area contributed by atoms with Crippen molar-refractivity contribution >= 4 is 5.97 Å². The Labute approximate surface area is 54.5 Å². The van der Waals surface area contributed by atoms with Crippen LogP contribution in [-0.2, 0) is 9.53 Å². The number of hydrogen-bond donors (Lipinski definition) is 1. The van der Waals surface area contributed by atoms with Gasteiger partial charge in [0.2, 0.25) is 0 Å². The Morgan fingerprint density at radius 3 is 2.78 bits per heavy atom. The standard InChI is InChI=1S/C6H11NO2/c1-9-6(8)4-2-3-5-7/h2-3H,4-5,7H2,1H3. The maximum Gasteiger partial charge on any atom is 0.309 e. The Balaban J connectivity index is 3.26. The number of hydrogen-bond acceptors (Lipinski definition) is 3. The van der Waals surface area contributed by atoms with E-state index in [2.05, 4.69) is 4.74 Å². The van der Waals surface area contributed by atoms with Crippen molar-refractivity contribution in [3.8, 4) is 0 Å². The van der Waals surface area contributed by atoms with E-state index in [0.29, 0.717) is 13.0 Å². The molecule has 0 aromatic carbocycles. The summed E-state index contributed by atoms with van der Waals surface area (Å²) in [4.78, 5) is 10.4. The van der Waals surface area contributed by atoms with Crippen molar-refractivity contribution in [1.82, 2.24) is 0 Å². The topological polar surface area (TPSA) is 52.3 Å². The predicted molar refractivity (Wildman–Crippen MR) is 34.8 cm³/mol. The van der Waals surface area contributed by atoms with Crippen LogP contribution in [0.4, 0.5) is 0 Å². The molecule has 3 heteroatoms. The molecule has 0 amide bonds. The number of carbonyl (C=O) groups excluding carboxylic acids is 1. The van der Waals surface area contributed by atoms with Gasteiger partial charge in [0.15, 0.2) is 0 Å². The summed E-state index contributed by atoms with van der Waals surface area (Å²) in [6.07, 6.45) is 3.72. The molecule has 0 saturated carbocycles. The smallest absolute Gasteiger partial charge is 0.309 e. The molecule has 3 nitrogen and oxygen atoms in total. The van der Waals surface area contributed by atoms with Gasteiger partial charge in [-0.05, 0) is 0 Å². The highest BCUT2D eigenvalue weighted by Gasteiger charge is 1.91. The third-order valence-electron chi connectivity index (χ3n) is 0.815. The molecule has 0 saturated heterocycles. The van der Waals surface area contributed by atoms with E-state index in [1.807, 2.05) is 0 Å². The number of methoxy groups -OCH3 is 1. The zero-order valence-corrected chi connectivity index (χ0v) is 5.46. The fourth-order valence-corrected chi connectivity index (χ4v) is 0.359. The summed E-state index contributed by atoms with van der Waals surface area (Å²) in [5, 5.41) is 0. The first kappa shape index (κ1) is 8.17. The highest BCUT2D eigenvalue weighted by Crippen LogP contribution is 1.84. The molecule has 0 rings (SSSR count). The number of esters is 1. The maximum atomic E-state index is 10.4. The molecule has 0 bridgehead atoms. The summed E-state index contributed by atoms with van der Waals surface area (Å²) in [7, 11) is 1.36. The molecule has 2 N–H and O–H groups in total. The first-order chi connectivity index (χ1) is 4.31. The van der Waals surface area contributed by atoms with Gasteiger partial charge in [-0.2, -0.15) is 0 Å². The van der Waals surface area contributed by atoms with Gasteiger partial charge in [0, 0.05) is 6.54 Å². The maximum absolute atomic E-state index is 10.4. The zero-order chi connectivity index (χ0) is 7.11. The SMILES string of the molecule is COC(=O)CC=CCN. The van der Waals surface area contributed by atoms with Gasteiger partial charge in [-0.15, -0.1) is 0 Å². The van der Waals surface area contributed by atoms with Gasteiger partial charge in [0.05, 0.1) is 13.5 Å². The summed E-state index contributed by atoms with van der Waals surface area (Å²) in [5.74, 6) is -0.236. The average Bonchev–Trinajstić information content (AvgIpc) is 1.89. The molecular weight excluding hydrogens is 118 g/mol. The summed E-state index contributed by atoms with van der Waals surface area (Å²) in [5.41, 5.74) is 5.12. The van der Waals surface area contributed by atoms with Gasteiger partial charge >= 0.3 is 5.97 Å². The van der Waals surface area contributed by atoms with Crippen LogP contribution in [0.2, 0.25) is 0 Å². The first-order valence-corrected chi connectivity index (χ1v) is 2.73. The largest absolute Gasteiger partial charge is 0.469 e. The molecule has 0 heterocycles. The van der Waals surface area contributed by atoms with Crippen LogP contribution in [0.15, 0.2) is 12.2 Å². The molecule has 0 spiro atoms. The van der Waals surface area contributed by atoms with E-state index in [9.17, 15) is 4.79 Å². The molecule has 0 radical (unpaired) electrons. The molecular formula is C6H11NO2. The van der Waals surface area contributed by atoms with Gasteiger partial charge in [-0.25, -0.2) is 0 Å². The molecule has 0 atom stereocenters. The number of rotatable bonds is 3. The Morgan fingerprint density at radius 1 is 1.67 bits per heavy atom. The van der Waals surface area contributed by atoms with Crippen LogP contribution in [0.1, 0.15) is 6.42 Å². The second kappa shape index (κ2) is 5.31. The summed E-state index contributed by atoms with van der Waals surface area (Å²) >= 11 is 0. The van der Waals surface area contributed by atoms with Crippen LogP contribution in [0.25, 0.3) is 0 Å². The van der Waals surface area contributed by atoms with Gasteiger partial charge < -0.3 is 10.5 Å². The molecule has 0 aromatic rings. The van der Waals surface area contributed by atoms with Crippen molar-refractivity contribution in [3.63, 3.8) is 0 Å². The van der Waals surface area contributed by atoms with E-state index < -0.39 is 0 Å². The number of nitrogens with two attached hydrogens (primary N) is 1. The third kappa shape index (κ3) is 5.03. The molecule has 52 valence electrons. The predicted octanol–water partition coefficient (Wildman–Crippen LogP) is 0.0644. The van der Waals surface area contributed by atoms with Crippen LogP contribution < -0.4 is 5.73 Å². The zero-order valence-electron chi connectivity index (χ0n) is 5.46. The minimum Gasteiger partial charge on any atom is -0.469 e. The first-order valence-electron chi connectivity index (χ1n) is 2.73. The van der Waals surface area contributed by atoms with Crippen LogP contribution >= 0.6 is 0 Å². The van der Waals surface area contributed by atoms with Gasteiger partial charge in [0.25, 0.3) is 0 Å². The summed E-state index contributed by atoms with van der Waals surface area (Å²) in [6, 6.07) is 0. The Hall–Kier alpha value is -0.830. The van der Waals surface area contributed by atoms with Crippen molar-refractivity contribution in [2.45, 2.75) is 6.42 Å². The Morgan fingerprint density at radius 2 is 2.33 bits per heavy atom. The molecule has 0 aromatic heterocycles. The lowest BCUT2D eigenvalue weighted by Gasteiger charge is -1.90. The minimum atomic E-state index is -0.236. The fraction of sp³-hybridized carbons (Fsp3) is 0.500. The molecule has 0 unspecified atom stereocenters. The summed E-state index contributed by atoms with van der Waals surface area (Å²) in [6.45, 7) is 0.469. The van der Waals surface area contributed by atoms with Crippen LogP contribution in [0.3, 0.4) is 0 Å². The number of carbonyl (C=O) groups is 1. The van der Waals surface area contributed by atoms with Gasteiger partial charge in [-0.1, -0.05) is 12.2 Å². The number of ether oxygens (including phenoxy) is 1. The third-order valence-corrected chi connectivity index (χ3v) is 0.815. The molecule has 0 aliphatic carbocycles. The fourth-order valence-electron chi connectivity index (χ4n) is 0.359. The van der Waals surface area contributed by atoms with Crippen molar-refractivity contribution in [2.75, 3.05) is 13.7 Å². The van der Waals surface area contributed by atoms with E-state index >= 15 is 0 Å². The second-order valence-corrected chi connectivity index (χ2v) is 1.49. The Kier molecular flexibility index (Phi) is 4.82.